The van der Waals surface area contributed by atoms with Gasteiger partial charge in [0.15, 0.2) is 0 Å². The van der Waals surface area contributed by atoms with Crippen LogP contribution in [0.3, 0.4) is 0 Å². The quantitative estimate of drug-likeness (QED) is 0.586. The van der Waals surface area contributed by atoms with Crippen LogP contribution in [0.2, 0.25) is 0 Å². The van der Waals surface area contributed by atoms with Gasteiger partial charge in [0.05, 0.1) is 11.5 Å². The van der Waals surface area contributed by atoms with Crippen molar-refractivity contribution in [3.63, 3.8) is 0 Å². The summed E-state index contributed by atoms with van der Waals surface area (Å²) in [5.41, 5.74) is 0.739. The third-order valence-electron chi connectivity index (χ3n) is 2.90. The zero-order chi connectivity index (χ0) is 12.3. The van der Waals surface area contributed by atoms with Crippen molar-refractivity contribution < 1.29 is 10.0 Å². The molecule has 1 aliphatic heterocycles. The van der Waals surface area contributed by atoms with Crippen LogP contribution in [0.15, 0.2) is 24.3 Å². The number of para-hydroxylation sites is 2. The van der Waals surface area contributed by atoms with Crippen molar-refractivity contribution in [1.29, 1.82) is 0 Å². The lowest BCUT2D eigenvalue weighted by Crippen LogP contribution is -2.52. The number of hydrogen-bond donors (Lipinski definition) is 2. The summed E-state index contributed by atoms with van der Waals surface area (Å²) in [6, 6.07) is 6.68. The molecule has 17 heavy (non-hydrogen) atoms. The number of piperazine rings is 1. The number of benzene rings is 1. The number of nitrogens with zero attached hydrogens (tertiary/aromatic N) is 2. The Morgan fingerprint density at radius 1 is 1.53 bits per heavy atom. The van der Waals surface area contributed by atoms with Crippen molar-refractivity contribution in [2.45, 2.75) is 6.04 Å². The molecule has 1 saturated heterocycles. The molecule has 1 heterocycles. The van der Waals surface area contributed by atoms with E-state index in [-0.39, 0.29) is 23.3 Å². The highest BCUT2D eigenvalue weighted by Crippen LogP contribution is 2.28. The van der Waals surface area contributed by atoms with Gasteiger partial charge in [-0.15, -0.1) is 0 Å². The Labute approximate surface area is 99.0 Å². The maximum atomic E-state index is 10.9. The summed E-state index contributed by atoms with van der Waals surface area (Å²) >= 11 is 0. The van der Waals surface area contributed by atoms with Gasteiger partial charge in [-0.3, -0.25) is 10.1 Å². The van der Waals surface area contributed by atoms with E-state index >= 15 is 0 Å². The molecule has 1 fully saturated rings. The molecule has 1 aliphatic rings. The topological polar surface area (TPSA) is 78.6 Å². The van der Waals surface area contributed by atoms with Crippen LogP contribution in [0.5, 0.6) is 0 Å². The molecule has 0 amide bonds. The van der Waals surface area contributed by atoms with Gasteiger partial charge in [0.2, 0.25) is 0 Å². The van der Waals surface area contributed by atoms with Crippen LogP contribution < -0.4 is 10.2 Å². The fourth-order valence-corrected chi connectivity index (χ4v) is 2.05. The summed E-state index contributed by atoms with van der Waals surface area (Å²) < 4.78 is 0. The molecular formula is C11H15N3O3. The van der Waals surface area contributed by atoms with Crippen LogP contribution >= 0.6 is 0 Å². The van der Waals surface area contributed by atoms with Gasteiger partial charge < -0.3 is 15.3 Å². The molecule has 1 unspecified atom stereocenters. The number of nitro benzene ring substituents is 1. The molecule has 0 aliphatic carbocycles. The molecule has 0 bridgehead atoms. The molecule has 0 spiro atoms. The SMILES string of the molecule is O=[N+]([O-])c1ccccc1N1CCNC(CO)C1. The Morgan fingerprint density at radius 2 is 2.29 bits per heavy atom. The Balaban J connectivity index is 2.24. The summed E-state index contributed by atoms with van der Waals surface area (Å²) in [7, 11) is 0. The number of nitrogens with one attached hydrogen (secondary N) is 1. The highest BCUT2D eigenvalue weighted by molar-refractivity contribution is 5.63. The van der Waals surface area contributed by atoms with Gasteiger partial charge in [-0.2, -0.15) is 0 Å². The summed E-state index contributed by atoms with van der Waals surface area (Å²) in [5.74, 6) is 0. The molecular weight excluding hydrogens is 222 g/mol. The van der Waals surface area contributed by atoms with E-state index in [0.29, 0.717) is 18.8 Å². The maximum absolute atomic E-state index is 10.9. The summed E-state index contributed by atoms with van der Waals surface area (Å²) in [6.07, 6.45) is 0. The van der Waals surface area contributed by atoms with Gasteiger partial charge in [-0.1, -0.05) is 12.1 Å². The van der Waals surface area contributed by atoms with Gasteiger partial charge in [0, 0.05) is 31.7 Å². The van der Waals surface area contributed by atoms with Crippen LogP contribution in [0.4, 0.5) is 11.4 Å². The van der Waals surface area contributed by atoms with Crippen LogP contribution in [-0.4, -0.2) is 42.3 Å². The molecule has 6 heteroatoms. The van der Waals surface area contributed by atoms with Crippen LogP contribution in [0.25, 0.3) is 0 Å². The summed E-state index contributed by atoms with van der Waals surface area (Å²) in [4.78, 5) is 12.5. The Bertz CT molecular complexity index is 411. The first-order valence-corrected chi connectivity index (χ1v) is 5.55. The van der Waals surface area contributed by atoms with E-state index in [1.165, 1.54) is 6.07 Å². The average Bonchev–Trinajstić information content (AvgIpc) is 2.39. The summed E-state index contributed by atoms with van der Waals surface area (Å²) in [6.45, 7) is 2.05. The second-order valence-corrected chi connectivity index (χ2v) is 4.03. The fourth-order valence-electron chi connectivity index (χ4n) is 2.05. The molecule has 2 rings (SSSR count). The average molecular weight is 237 g/mol. The lowest BCUT2D eigenvalue weighted by atomic mass is 10.1. The van der Waals surface area contributed by atoms with Crippen molar-refractivity contribution in [3.05, 3.63) is 34.4 Å². The molecule has 0 saturated carbocycles. The molecule has 2 N–H and O–H groups in total. The van der Waals surface area contributed by atoms with Crippen LogP contribution in [-0.2, 0) is 0 Å². The Morgan fingerprint density at radius 3 is 3.00 bits per heavy atom. The lowest BCUT2D eigenvalue weighted by molar-refractivity contribution is -0.384. The van der Waals surface area contributed by atoms with Gasteiger partial charge in [0.1, 0.15) is 5.69 Å². The monoisotopic (exact) mass is 237 g/mol. The van der Waals surface area contributed by atoms with Gasteiger partial charge in [-0.25, -0.2) is 0 Å². The van der Waals surface area contributed by atoms with E-state index in [0.717, 1.165) is 6.54 Å². The minimum atomic E-state index is -0.370. The number of aliphatic hydroxyl groups is 1. The number of rotatable bonds is 3. The number of anilines is 1. The first-order valence-electron chi connectivity index (χ1n) is 5.55. The van der Waals surface area contributed by atoms with E-state index in [2.05, 4.69) is 5.32 Å². The minimum Gasteiger partial charge on any atom is -0.395 e. The van der Waals surface area contributed by atoms with Crippen molar-refractivity contribution >= 4 is 11.4 Å². The highest BCUT2D eigenvalue weighted by Gasteiger charge is 2.24. The standard InChI is InChI=1S/C11H15N3O3/c15-8-9-7-13(6-5-12-9)10-3-1-2-4-11(10)14(16)17/h1-4,9,12,15H,5-8H2. The smallest absolute Gasteiger partial charge is 0.292 e. The van der Waals surface area contributed by atoms with E-state index in [9.17, 15) is 10.1 Å². The van der Waals surface area contributed by atoms with E-state index in [4.69, 9.17) is 5.11 Å². The van der Waals surface area contributed by atoms with Gasteiger partial charge >= 0.3 is 0 Å². The molecule has 92 valence electrons. The van der Waals surface area contributed by atoms with Crippen molar-refractivity contribution in [1.82, 2.24) is 5.32 Å². The Kier molecular flexibility index (Phi) is 3.55. The molecule has 1 aromatic carbocycles. The molecule has 0 aromatic heterocycles. The first kappa shape index (κ1) is 11.8. The molecule has 1 aromatic rings. The van der Waals surface area contributed by atoms with Crippen LogP contribution in [0.1, 0.15) is 0 Å². The van der Waals surface area contributed by atoms with E-state index < -0.39 is 0 Å². The van der Waals surface area contributed by atoms with Crippen molar-refractivity contribution in [2.75, 3.05) is 31.1 Å². The second-order valence-electron chi connectivity index (χ2n) is 4.03. The van der Waals surface area contributed by atoms with Gasteiger partial charge in [-0.05, 0) is 6.07 Å². The maximum Gasteiger partial charge on any atom is 0.292 e. The zero-order valence-electron chi connectivity index (χ0n) is 9.37. The number of aliphatic hydroxyl groups excluding tert-OH is 1. The molecule has 6 nitrogen and oxygen atoms in total. The Hall–Kier alpha value is -1.66. The zero-order valence-corrected chi connectivity index (χ0v) is 9.37. The first-order chi connectivity index (χ1) is 8.22. The summed E-state index contributed by atoms with van der Waals surface area (Å²) in [5, 5.41) is 23.2. The van der Waals surface area contributed by atoms with Gasteiger partial charge in [0.25, 0.3) is 5.69 Å². The second kappa shape index (κ2) is 5.11. The normalized spacial score (nSPS) is 20.3. The number of nitro groups is 1. The van der Waals surface area contributed by atoms with Crippen LogP contribution in [0, 0.1) is 10.1 Å². The molecule has 1 atom stereocenters. The third-order valence-corrected chi connectivity index (χ3v) is 2.90. The minimum absolute atomic E-state index is 0.0245. The van der Waals surface area contributed by atoms with Crippen molar-refractivity contribution in [3.8, 4) is 0 Å². The molecule has 0 radical (unpaired) electrons. The van der Waals surface area contributed by atoms with E-state index in [1.807, 2.05) is 4.90 Å². The van der Waals surface area contributed by atoms with Crippen molar-refractivity contribution in [2.24, 2.45) is 0 Å². The predicted molar refractivity (Wildman–Crippen MR) is 64.2 cm³/mol. The lowest BCUT2D eigenvalue weighted by Gasteiger charge is -2.34. The number of hydrogen-bond acceptors (Lipinski definition) is 5. The predicted octanol–water partition coefficient (Wildman–Crippen LogP) is 0.365. The van der Waals surface area contributed by atoms with E-state index in [1.54, 1.807) is 18.2 Å². The largest absolute Gasteiger partial charge is 0.395 e. The third kappa shape index (κ3) is 2.54. The highest BCUT2D eigenvalue weighted by atomic mass is 16.6. The fraction of sp³-hybridized carbons (Fsp3) is 0.455.